The highest BCUT2D eigenvalue weighted by atomic mass is 35.5. The lowest BCUT2D eigenvalue weighted by molar-refractivity contribution is -0.145. The first kappa shape index (κ1) is 28.7. The van der Waals surface area contributed by atoms with Gasteiger partial charge in [0.2, 0.25) is 0 Å². The average molecular weight is 592 g/mol. The normalized spacial score (nSPS) is 14.2. The Hall–Kier alpha value is -3.27. The molecule has 1 aliphatic carbocycles. The van der Waals surface area contributed by atoms with Crippen LogP contribution in [0.1, 0.15) is 34.1 Å². The topological polar surface area (TPSA) is 103 Å². The van der Waals surface area contributed by atoms with Crippen LogP contribution in [0.2, 0.25) is 10.0 Å². The number of nitrogens with one attached hydrogen (secondary N) is 2. The third kappa shape index (κ3) is 7.88. The van der Waals surface area contributed by atoms with E-state index in [1.54, 1.807) is 48.5 Å². The van der Waals surface area contributed by atoms with Gasteiger partial charge in [-0.2, -0.15) is 0 Å². The summed E-state index contributed by atoms with van der Waals surface area (Å²) in [6, 6.07) is 13.7. The largest absolute Gasteiger partial charge is 0.482 e. The maximum absolute atomic E-state index is 13.2. The Morgan fingerprint density at radius 2 is 1.62 bits per heavy atom. The molecule has 0 spiro atoms. The molecule has 11 heteroatoms. The molecule has 1 unspecified atom stereocenters. The monoisotopic (exact) mass is 590 g/mol. The molecule has 1 atom stereocenters. The Labute approximate surface area is 240 Å². The van der Waals surface area contributed by atoms with Crippen LogP contribution in [0, 0.1) is 5.92 Å². The Balaban J connectivity index is 1.32. The number of halogens is 2. The van der Waals surface area contributed by atoms with Crippen LogP contribution in [0.3, 0.4) is 0 Å². The summed E-state index contributed by atoms with van der Waals surface area (Å²) in [5, 5.41) is 6.90. The molecule has 0 saturated heterocycles. The summed E-state index contributed by atoms with van der Waals surface area (Å²) in [6.07, 6.45) is 2.54. The highest BCUT2D eigenvalue weighted by Crippen LogP contribution is 2.39. The Kier molecular flexibility index (Phi) is 10.1. The molecule has 0 fully saturated rings. The van der Waals surface area contributed by atoms with E-state index in [0.717, 1.165) is 29.7 Å². The second-order valence-electron chi connectivity index (χ2n) is 9.02. The van der Waals surface area contributed by atoms with Gasteiger partial charge in [-0.15, -0.1) is 11.3 Å². The first-order chi connectivity index (χ1) is 18.8. The number of rotatable bonds is 11. The molecule has 1 aromatic heterocycles. The van der Waals surface area contributed by atoms with Gasteiger partial charge in [0.1, 0.15) is 23.1 Å². The third-order valence-electron chi connectivity index (χ3n) is 6.02. The molecule has 0 radical (unpaired) electrons. The molecule has 2 aromatic carbocycles. The third-order valence-corrected chi connectivity index (χ3v) is 7.81. The number of amides is 2. The fourth-order valence-electron chi connectivity index (χ4n) is 4.10. The number of anilines is 1. The summed E-state index contributed by atoms with van der Waals surface area (Å²) >= 11 is 13.5. The van der Waals surface area contributed by atoms with Crippen LogP contribution < -0.4 is 20.1 Å². The molecule has 1 aliphatic rings. The Morgan fingerprint density at radius 3 is 2.28 bits per heavy atom. The molecule has 1 heterocycles. The zero-order chi connectivity index (χ0) is 27.8. The minimum atomic E-state index is -0.586. The molecule has 0 saturated carbocycles. The summed E-state index contributed by atoms with van der Waals surface area (Å²) < 4.78 is 16.1. The van der Waals surface area contributed by atoms with Gasteiger partial charge in [0.25, 0.3) is 11.8 Å². The minimum absolute atomic E-state index is 0.0345. The molecule has 3 aromatic rings. The molecular weight excluding hydrogens is 563 g/mol. The van der Waals surface area contributed by atoms with Crippen molar-refractivity contribution >= 4 is 57.3 Å². The van der Waals surface area contributed by atoms with Crippen LogP contribution in [0.15, 0.2) is 48.5 Å². The zero-order valence-electron chi connectivity index (χ0n) is 21.3. The molecule has 0 bridgehead atoms. The number of fused-ring (bicyclic) bond motifs is 1. The fraction of sp³-hybridized carbons (Fsp3) is 0.321. The maximum atomic E-state index is 13.2. The summed E-state index contributed by atoms with van der Waals surface area (Å²) in [6.45, 7) is 1.67. The van der Waals surface area contributed by atoms with E-state index in [0.29, 0.717) is 38.0 Å². The number of benzene rings is 2. The number of thiophene rings is 1. The van der Waals surface area contributed by atoms with Crippen molar-refractivity contribution in [1.29, 1.82) is 0 Å². The number of hydrogen-bond acceptors (Lipinski definition) is 7. The molecule has 8 nitrogen and oxygen atoms in total. The van der Waals surface area contributed by atoms with Crippen LogP contribution >= 0.6 is 34.5 Å². The molecule has 2 amide bonds. The van der Waals surface area contributed by atoms with Crippen molar-refractivity contribution in [1.82, 2.24) is 5.32 Å². The van der Waals surface area contributed by atoms with E-state index in [9.17, 15) is 14.4 Å². The molecular formula is C28H28Cl2N2O6S. The summed E-state index contributed by atoms with van der Waals surface area (Å²) in [5.74, 6) is -0.0499. The van der Waals surface area contributed by atoms with Crippen LogP contribution in [-0.4, -0.2) is 44.1 Å². The SMILES string of the molecule is CC1CCc2c(sc(NC(=O)COc3ccccc3Cl)c2C(=O)NCCOC(=O)COc2ccccc2Cl)C1. The van der Waals surface area contributed by atoms with Crippen molar-refractivity contribution < 1.29 is 28.6 Å². The summed E-state index contributed by atoms with van der Waals surface area (Å²) in [7, 11) is 0. The number of para-hydroxylation sites is 2. The van der Waals surface area contributed by atoms with Crippen molar-refractivity contribution in [2.75, 3.05) is 31.7 Å². The number of ether oxygens (including phenoxy) is 3. The summed E-state index contributed by atoms with van der Waals surface area (Å²) in [4.78, 5) is 39.0. The maximum Gasteiger partial charge on any atom is 0.344 e. The van der Waals surface area contributed by atoms with Crippen LogP contribution in [0.4, 0.5) is 5.00 Å². The standard InChI is InChI=1S/C28H28Cl2N2O6S/c1-17-10-11-18-23(14-17)39-28(32-24(33)15-37-21-8-4-2-6-19(21)29)26(18)27(35)31-12-13-36-25(34)16-38-22-9-5-3-7-20(22)30/h2-9,17H,10-16H2,1H3,(H,31,35)(H,32,33). The van der Waals surface area contributed by atoms with Crippen molar-refractivity contribution in [3.63, 3.8) is 0 Å². The Bertz CT molecular complexity index is 1350. The van der Waals surface area contributed by atoms with E-state index in [4.69, 9.17) is 37.4 Å². The summed E-state index contributed by atoms with van der Waals surface area (Å²) in [5.41, 5.74) is 1.39. The van der Waals surface area contributed by atoms with E-state index in [-0.39, 0.29) is 32.3 Å². The molecule has 39 heavy (non-hydrogen) atoms. The van der Waals surface area contributed by atoms with Crippen molar-refractivity contribution in [2.24, 2.45) is 5.92 Å². The van der Waals surface area contributed by atoms with Crippen molar-refractivity contribution in [2.45, 2.75) is 26.2 Å². The lowest BCUT2D eigenvalue weighted by Crippen LogP contribution is -2.30. The molecule has 0 aliphatic heterocycles. The van der Waals surface area contributed by atoms with Gasteiger partial charge in [-0.05, 0) is 55.0 Å². The van der Waals surface area contributed by atoms with Gasteiger partial charge in [-0.3, -0.25) is 9.59 Å². The number of carbonyl (C=O) groups is 3. The smallest absolute Gasteiger partial charge is 0.344 e. The van der Waals surface area contributed by atoms with Crippen LogP contribution in [0.5, 0.6) is 11.5 Å². The first-order valence-electron chi connectivity index (χ1n) is 12.4. The fourth-order valence-corrected chi connectivity index (χ4v) is 5.91. The van der Waals surface area contributed by atoms with Gasteiger partial charge >= 0.3 is 5.97 Å². The number of esters is 1. The van der Waals surface area contributed by atoms with Gasteiger partial charge in [0.15, 0.2) is 13.2 Å². The van der Waals surface area contributed by atoms with Crippen molar-refractivity contribution in [3.05, 3.63) is 74.6 Å². The van der Waals surface area contributed by atoms with E-state index in [1.165, 1.54) is 11.3 Å². The van der Waals surface area contributed by atoms with Gasteiger partial charge in [-0.1, -0.05) is 54.4 Å². The van der Waals surface area contributed by atoms with Crippen molar-refractivity contribution in [3.8, 4) is 11.5 Å². The number of hydrogen-bond donors (Lipinski definition) is 2. The van der Waals surface area contributed by atoms with E-state index in [2.05, 4.69) is 17.6 Å². The highest BCUT2D eigenvalue weighted by molar-refractivity contribution is 7.17. The lowest BCUT2D eigenvalue weighted by Gasteiger charge is -2.18. The van der Waals surface area contributed by atoms with E-state index in [1.807, 2.05) is 0 Å². The van der Waals surface area contributed by atoms with Gasteiger partial charge in [-0.25, -0.2) is 4.79 Å². The Morgan fingerprint density at radius 1 is 0.974 bits per heavy atom. The highest BCUT2D eigenvalue weighted by Gasteiger charge is 2.28. The molecule has 2 N–H and O–H groups in total. The first-order valence-corrected chi connectivity index (χ1v) is 14.0. The zero-order valence-corrected chi connectivity index (χ0v) is 23.6. The quantitative estimate of drug-likeness (QED) is 0.224. The number of carbonyl (C=O) groups excluding carboxylic acids is 3. The van der Waals surface area contributed by atoms with E-state index >= 15 is 0 Å². The van der Waals surface area contributed by atoms with Crippen LogP contribution in [-0.2, 0) is 27.2 Å². The predicted octanol–water partition coefficient (Wildman–Crippen LogP) is 5.55. The van der Waals surface area contributed by atoms with Crippen LogP contribution in [0.25, 0.3) is 0 Å². The molecule has 206 valence electrons. The lowest BCUT2D eigenvalue weighted by atomic mass is 9.88. The minimum Gasteiger partial charge on any atom is -0.482 e. The second-order valence-corrected chi connectivity index (χ2v) is 10.9. The van der Waals surface area contributed by atoms with Gasteiger partial charge < -0.3 is 24.8 Å². The van der Waals surface area contributed by atoms with Gasteiger partial charge in [0.05, 0.1) is 22.2 Å². The molecule has 4 rings (SSSR count). The predicted molar refractivity (Wildman–Crippen MR) is 151 cm³/mol. The average Bonchev–Trinajstić information content (AvgIpc) is 3.26. The second kappa shape index (κ2) is 13.7. The van der Waals surface area contributed by atoms with E-state index < -0.39 is 11.9 Å². The van der Waals surface area contributed by atoms with Gasteiger partial charge in [0, 0.05) is 4.88 Å².